The third kappa shape index (κ3) is 0.888. The summed E-state index contributed by atoms with van der Waals surface area (Å²) in [5.41, 5.74) is 0. The molecule has 0 aromatic carbocycles. The van der Waals surface area contributed by atoms with Crippen molar-refractivity contribution in [3.8, 4) is 0 Å². The van der Waals surface area contributed by atoms with E-state index in [1.165, 1.54) is 0 Å². The molecule has 1 aliphatic rings. The van der Waals surface area contributed by atoms with Gasteiger partial charge in [0.2, 0.25) is 0 Å². The van der Waals surface area contributed by atoms with Gasteiger partial charge >= 0.3 is 11.9 Å². The summed E-state index contributed by atoms with van der Waals surface area (Å²) in [5, 5.41) is 0. The summed E-state index contributed by atoms with van der Waals surface area (Å²) in [6.07, 6.45) is 0.166. The summed E-state index contributed by atoms with van der Waals surface area (Å²) in [7, 11) is 0. The standard InChI is InChI=1S/C4H3BrO3/c5-2-1-3(6)8-4(2)7/h2H,1H2/t2-/m0/s1. The zero-order valence-corrected chi connectivity index (χ0v) is 5.47. The molecule has 0 aromatic heterocycles. The number of hydrogen-bond acceptors (Lipinski definition) is 3. The second-order valence-corrected chi connectivity index (χ2v) is 2.57. The predicted octanol–water partition coefficient (Wildman–Crippen LogP) is 0.223. The van der Waals surface area contributed by atoms with E-state index in [1.54, 1.807) is 0 Å². The highest BCUT2D eigenvalue weighted by Gasteiger charge is 2.30. The van der Waals surface area contributed by atoms with Crippen LogP contribution in [0.25, 0.3) is 0 Å². The van der Waals surface area contributed by atoms with Crippen LogP contribution >= 0.6 is 15.9 Å². The van der Waals surface area contributed by atoms with Crippen molar-refractivity contribution in [2.45, 2.75) is 11.2 Å². The van der Waals surface area contributed by atoms with Crippen molar-refractivity contribution in [2.75, 3.05) is 0 Å². The van der Waals surface area contributed by atoms with E-state index in [0.717, 1.165) is 0 Å². The Labute approximate surface area is 54.1 Å². The SMILES string of the molecule is O=C1C[C@H](Br)C(=O)O1. The molecule has 0 unspecified atom stereocenters. The Hall–Kier alpha value is -0.380. The number of ether oxygens (including phenoxy) is 1. The van der Waals surface area contributed by atoms with Gasteiger partial charge in [0.05, 0.1) is 6.42 Å². The molecule has 4 heteroatoms. The van der Waals surface area contributed by atoms with Gasteiger partial charge < -0.3 is 4.74 Å². The normalized spacial score (nSPS) is 28.4. The number of carbonyl (C=O) groups is 2. The average Bonchev–Trinajstić information content (AvgIpc) is 1.85. The molecule has 1 saturated heterocycles. The molecule has 8 heavy (non-hydrogen) atoms. The topological polar surface area (TPSA) is 43.4 Å². The Bertz CT molecular complexity index is 142. The first-order valence-corrected chi connectivity index (χ1v) is 3.00. The van der Waals surface area contributed by atoms with E-state index < -0.39 is 16.8 Å². The monoisotopic (exact) mass is 178 g/mol. The summed E-state index contributed by atoms with van der Waals surface area (Å²) in [6.45, 7) is 0. The molecule has 44 valence electrons. The lowest BCUT2D eigenvalue weighted by molar-refractivity contribution is -0.151. The molecule has 1 heterocycles. The molecule has 1 fully saturated rings. The van der Waals surface area contributed by atoms with Crippen LogP contribution in [0.2, 0.25) is 0 Å². The van der Waals surface area contributed by atoms with E-state index >= 15 is 0 Å². The lowest BCUT2D eigenvalue weighted by atomic mass is 10.4. The summed E-state index contributed by atoms with van der Waals surface area (Å²) >= 11 is 2.95. The maximum absolute atomic E-state index is 10.3. The Balaban J connectivity index is 2.64. The number of hydrogen-bond donors (Lipinski definition) is 0. The zero-order chi connectivity index (χ0) is 6.15. The molecule has 0 spiro atoms. The minimum atomic E-state index is -0.477. The Morgan fingerprint density at radius 1 is 1.62 bits per heavy atom. The Morgan fingerprint density at radius 3 is 2.38 bits per heavy atom. The summed E-state index contributed by atoms with van der Waals surface area (Å²) < 4.78 is 4.15. The highest BCUT2D eigenvalue weighted by atomic mass is 79.9. The highest BCUT2D eigenvalue weighted by molar-refractivity contribution is 9.10. The van der Waals surface area contributed by atoms with Gasteiger partial charge in [0.1, 0.15) is 4.83 Å². The largest absolute Gasteiger partial charge is 0.392 e. The minimum absolute atomic E-state index is 0.166. The van der Waals surface area contributed by atoms with E-state index in [9.17, 15) is 9.59 Å². The van der Waals surface area contributed by atoms with Gasteiger partial charge in [-0.3, -0.25) is 9.59 Å². The van der Waals surface area contributed by atoms with Gasteiger partial charge in [-0.1, -0.05) is 15.9 Å². The van der Waals surface area contributed by atoms with Gasteiger partial charge in [0.15, 0.2) is 0 Å². The van der Waals surface area contributed by atoms with E-state index in [0.29, 0.717) is 0 Å². The lowest BCUT2D eigenvalue weighted by Gasteiger charge is -1.84. The molecule has 1 rings (SSSR count). The Morgan fingerprint density at radius 2 is 2.25 bits per heavy atom. The molecule has 0 N–H and O–H groups in total. The van der Waals surface area contributed by atoms with E-state index in [2.05, 4.69) is 20.7 Å². The minimum Gasteiger partial charge on any atom is -0.392 e. The first kappa shape index (κ1) is 5.75. The van der Waals surface area contributed by atoms with Gasteiger partial charge in [-0.15, -0.1) is 0 Å². The van der Waals surface area contributed by atoms with Crippen LogP contribution in [-0.4, -0.2) is 16.8 Å². The van der Waals surface area contributed by atoms with Gasteiger partial charge in [0, 0.05) is 0 Å². The fourth-order valence-electron chi connectivity index (χ4n) is 0.447. The van der Waals surface area contributed by atoms with Gasteiger partial charge in [-0.2, -0.15) is 0 Å². The first-order valence-electron chi connectivity index (χ1n) is 2.09. The molecule has 0 amide bonds. The zero-order valence-electron chi connectivity index (χ0n) is 3.89. The molecule has 0 radical (unpaired) electrons. The van der Waals surface area contributed by atoms with Crippen molar-refractivity contribution in [1.82, 2.24) is 0 Å². The van der Waals surface area contributed by atoms with Crippen molar-refractivity contribution in [1.29, 1.82) is 0 Å². The van der Waals surface area contributed by atoms with E-state index in [4.69, 9.17) is 0 Å². The second-order valence-electron chi connectivity index (χ2n) is 1.46. The molecule has 0 saturated carbocycles. The van der Waals surface area contributed by atoms with Crippen molar-refractivity contribution in [3.05, 3.63) is 0 Å². The number of alkyl halides is 1. The van der Waals surface area contributed by atoms with Crippen molar-refractivity contribution < 1.29 is 14.3 Å². The summed E-state index contributed by atoms with van der Waals surface area (Å²) in [4.78, 5) is 20.1. The van der Waals surface area contributed by atoms with Crippen LogP contribution in [0.5, 0.6) is 0 Å². The summed E-state index contributed by atoms with van der Waals surface area (Å²) in [5.74, 6) is -0.924. The first-order chi connectivity index (χ1) is 3.70. The highest BCUT2D eigenvalue weighted by Crippen LogP contribution is 2.15. The maximum Gasteiger partial charge on any atom is 0.327 e. The molecular formula is C4H3BrO3. The van der Waals surface area contributed by atoms with Gasteiger partial charge in [-0.05, 0) is 0 Å². The molecule has 1 atom stereocenters. The smallest absolute Gasteiger partial charge is 0.327 e. The lowest BCUT2D eigenvalue weighted by Crippen LogP contribution is -2.04. The van der Waals surface area contributed by atoms with Crippen LogP contribution in [0.4, 0.5) is 0 Å². The molecule has 0 aromatic rings. The van der Waals surface area contributed by atoms with Crippen LogP contribution in [0.15, 0.2) is 0 Å². The Kier molecular flexibility index (Phi) is 1.33. The van der Waals surface area contributed by atoms with Crippen LogP contribution in [-0.2, 0) is 14.3 Å². The fraction of sp³-hybridized carbons (Fsp3) is 0.500. The fourth-order valence-corrected chi connectivity index (χ4v) is 0.805. The quantitative estimate of drug-likeness (QED) is 0.303. The molecule has 3 nitrogen and oxygen atoms in total. The number of carbonyl (C=O) groups excluding carboxylic acids is 2. The predicted molar refractivity (Wildman–Crippen MR) is 28.4 cm³/mol. The second kappa shape index (κ2) is 1.85. The van der Waals surface area contributed by atoms with Gasteiger partial charge in [0.25, 0.3) is 0 Å². The number of rotatable bonds is 0. The molecule has 0 bridgehead atoms. The molecule has 1 aliphatic heterocycles. The molecule has 0 aliphatic carbocycles. The number of halogens is 1. The maximum atomic E-state index is 10.3. The van der Waals surface area contributed by atoms with E-state index in [-0.39, 0.29) is 6.42 Å². The average molecular weight is 179 g/mol. The molecular weight excluding hydrogens is 176 g/mol. The van der Waals surface area contributed by atoms with Crippen molar-refractivity contribution in [2.24, 2.45) is 0 Å². The third-order valence-corrected chi connectivity index (χ3v) is 1.51. The number of cyclic esters (lactones) is 2. The van der Waals surface area contributed by atoms with E-state index in [1.807, 2.05) is 0 Å². The van der Waals surface area contributed by atoms with Crippen LogP contribution in [0, 0.1) is 0 Å². The van der Waals surface area contributed by atoms with Crippen LogP contribution < -0.4 is 0 Å². The van der Waals surface area contributed by atoms with Gasteiger partial charge in [-0.25, -0.2) is 0 Å². The van der Waals surface area contributed by atoms with Crippen LogP contribution in [0.3, 0.4) is 0 Å². The van der Waals surface area contributed by atoms with Crippen molar-refractivity contribution in [3.63, 3.8) is 0 Å². The number of esters is 2. The van der Waals surface area contributed by atoms with Crippen molar-refractivity contribution >= 4 is 27.9 Å². The van der Waals surface area contributed by atoms with Crippen LogP contribution in [0.1, 0.15) is 6.42 Å². The third-order valence-electron chi connectivity index (χ3n) is 0.816. The summed E-state index contributed by atoms with van der Waals surface area (Å²) in [6, 6.07) is 0.